The number of nitrogens with zero attached hydrogens (tertiary/aromatic N) is 2. The van der Waals surface area contributed by atoms with Crippen LogP contribution in [0.1, 0.15) is 12.5 Å². The number of nitrogens with one attached hydrogen (secondary N) is 1. The lowest BCUT2D eigenvalue weighted by molar-refractivity contribution is -0.119. The van der Waals surface area contributed by atoms with E-state index in [9.17, 15) is 13.2 Å². The normalized spacial score (nSPS) is 11.1. The number of benzene rings is 3. The number of sulfonamides is 1. The van der Waals surface area contributed by atoms with Crippen LogP contribution in [-0.2, 0) is 14.8 Å². The lowest BCUT2D eigenvalue weighted by Crippen LogP contribution is -2.39. The van der Waals surface area contributed by atoms with Crippen molar-refractivity contribution in [2.75, 3.05) is 31.2 Å². The Morgan fingerprint density at radius 2 is 1.76 bits per heavy atom. The van der Waals surface area contributed by atoms with E-state index in [2.05, 4.69) is 17.1 Å². The van der Waals surface area contributed by atoms with Gasteiger partial charge in [0.25, 0.3) is 15.9 Å². The van der Waals surface area contributed by atoms with E-state index in [4.69, 9.17) is 14.2 Å². The van der Waals surface area contributed by atoms with Gasteiger partial charge in [0.1, 0.15) is 18.9 Å². The molecule has 0 heterocycles. The third-order valence-electron chi connectivity index (χ3n) is 5.01. The molecule has 0 aliphatic rings. The van der Waals surface area contributed by atoms with Gasteiger partial charge in [-0.25, -0.2) is 13.8 Å². The number of carbonyl (C=O) groups excluding carboxylic acids is 1. The minimum atomic E-state index is -4.03. The van der Waals surface area contributed by atoms with Crippen LogP contribution in [0.2, 0.25) is 0 Å². The van der Waals surface area contributed by atoms with Crippen LogP contribution in [0.4, 0.5) is 5.69 Å². The van der Waals surface area contributed by atoms with Crippen molar-refractivity contribution >= 4 is 27.8 Å². The fraction of sp³-hybridized carbons (Fsp3) is 0.185. The number of hydrazone groups is 1. The number of hydrogen-bond acceptors (Lipinski definition) is 7. The summed E-state index contributed by atoms with van der Waals surface area (Å²) in [5.74, 6) is 1.02. The van der Waals surface area contributed by atoms with Gasteiger partial charge in [0.2, 0.25) is 0 Å². The van der Waals surface area contributed by atoms with Crippen LogP contribution in [0.15, 0.2) is 95.4 Å². The van der Waals surface area contributed by atoms with Gasteiger partial charge in [-0.15, -0.1) is 0 Å². The molecule has 0 saturated heterocycles. The number of amides is 1. The molecule has 0 fully saturated rings. The third-order valence-corrected chi connectivity index (χ3v) is 6.79. The third kappa shape index (κ3) is 7.34. The van der Waals surface area contributed by atoms with Gasteiger partial charge in [-0.1, -0.05) is 30.9 Å². The number of rotatable bonds is 13. The summed E-state index contributed by atoms with van der Waals surface area (Å²) < 4.78 is 44.1. The Balaban J connectivity index is 1.78. The van der Waals surface area contributed by atoms with Crippen LogP contribution in [0.25, 0.3) is 0 Å². The highest BCUT2D eigenvalue weighted by Gasteiger charge is 2.27. The quantitative estimate of drug-likeness (QED) is 0.206. The van der Waals surface area contributed by atoms with Crippen molar-refractivity contribution in [3.63, 3.8) is 0 Å². The van der Waals surface area contributed by atoms with E-state index < -0.39 is 22.5 Å². The predicted molar refractivity (Wildman–Crippen MR) is 143 cm³/mol. The summed E-state index contributed by atoms with van der Waals surface area (Å²) >= 11 is 0. The zero-order chi connectivity index (χ0) is 26.7. The average molecular weight is 524 g/mol. The minimum Gasteiger partial charge on any atom is -0.497 e. The van der Waals surface area contributed by atoms with Crippen molar-refractivity contribution in [3.05, 3.63) is 91.0 Å². The van der Waals surface area contributed by atoms with E-state index in [0.29, 0.717) is 41.7 Å². The number of anilines is 1. The molecule has 0 aliphatic carbocycles. The van der Waals surface area contributed by atoms with Crippen molar-refractivity contribution < 1.29 is 27.4 Å². The van der Waals surface area contributed by atoms with Crippen molar-refractivity contribution in [3.8, 4) is 17.2 Å². The monoisotopic (exact) mass is 523 g/mol. The first-order valence-electron chi connectivity index (χ1n) is 11.4. The fourth-order valence-electron chi connectivity index (χ4n) is 3.27. The molecule has 0 radical (unpaired) electrons. The summed E-state index contributed by atoms with van der Waals surface area (Å²) in [6.45, 7) is 5.78. The maximum Gasteiger partial charge on any atom is 0.264 e. The highest BCUT2D eigenvalue weighted by molar-refractivity contribution is 7.92. The standard InChI is InChI=1S/C27H29N3O6S/c1-4-17-36-25-16-11-21(18-26(25)35-5-2)19-28-29-27(31)20-30(22-12-14-23(34-3)15-13-22)37(32,33)24-9-7-6-8-10-24/h4,6-16,18-19H,1,5,17,20H2,2-3H3,(H,29,31)/b28-19+. The molecule has 1 amide bonds. The lowest BCUT2D eigenvalue weighted by atomic mass is 10.2. The van der Waals surface area contributed by atoms with E-state index in [-0.39, 0.29) is 4.90 Å². The molecule has 0 atom stereocenters. The maximum absolute atomic E-state index is 13.4. The highest BCUT2D eigenvalue weighted by Crippen LogP contribution is 2.28. The number of ether oxygens (including phenoxy) is 3. The van der Waals surface area contributed by atoms with Crippen LogP contribution in [0.5, 0.6) is 17.2 Å². The largest absolute Gasteiger partial charge is 0.497 e. The van der Waals surface area contributed by atoms with Crippen molar-refractivity contribution in [2.24, 2.45) is 5.10 Å². The summed E-state index contributed by atoms with van der Waals surface area (Å²) in [6.07, 6.45) is 3.06. The zero-order valence-corrected chi connectivity index (χ0v) is 21.5. The van der Waals surface area contributed by atoms with Gasteiger partial charge in [-0.3, -0.25) is 9.10 Å². The smallest absolute Gasteiger partial charge is 0.264 e. The van der Waals surface area contributed by atoms with Crippen molar-refractivity contribution in [1.82, 2.24) is 5.43 Å². The number of hydrogen-bond donors (Lipinski definition) is 1. The Labute approximate surface area is 217 Å². The summed E-state index contributed by atoms with van der Waals surface area (Å²) in [6, 6.07) is 19.5. The molecule has 0 unspecified atom stereocenters. The van der Waals surface area contributed by atoms with Gasteiger partial charge in [-0.05, 0) is 67.1 Å². The molecule has 3 aromatic carbocycles. The molecule has 0 bridgehead atoms. The van der Waals surface area contributed by atoms with Crippen LogP contribution >= 0.6 is 0 Å². The molecule has 194 valence electrons. The maximum atomic E-state index is 13.4. The first-order chi connectivity index (χ1) is 17.9. The molecule has 0 aliphatic heterocycles. The van der Waals surface area contributed by atoms with Gasteiger partial charge in [0.05, 0.1) is 30.5 Å². The molecule has 0 saturated carbocycles. The molecule has 0 spiro atoms. The molecule has 3 rings (SSSR count). The van der Waals surface area contributed by atoms with E-state index in [1.54, 1.807) is 66.7 Å². The molecular formula is C27H29N3O6S. The molecule has 3 aromatic rings. The van der Waals surface area contributed by atoms with Gasteiger partial charge in [0, 0.05) is 0 Å². The predicted octanol–water partition coefficient (Wildman–Crippen LogP) is 4.00. The van der Waals surface area contributed by atoms with E-state index in [1.807, 2.05) is 6.92 Å². The van der Waals surface area contributed by atoms with Crippen molar-refractivity contribution in [1.29, 1.82) is 0 Å². The Bertz CT molecular complexity index is 1330. The van der Waals surface area contributed by atoms with Gasteiger partial charge in [0.15, 0.2) is 11.5 Å². The SMILES string of the molecule is C=CCOc1ccc(/C=N/NC(=O)CN(c2ccc(OC)cc2)S(=O)(=O)c2ccccc2)cc1OCC. The number of methoxy groups -OCH3 is 1. The van der Waals surface area contributed by atoms with Crippen LogP contribution in [-0.4, -0.2) is 47.4 Å². The van der Waals surface area contributed by atoms with E-state index in [1.165, 1.54) is 25.5 Å². The summed E-state index contributed by atoms with van der Waals surface area (Å²) in [7, 11) is -2.52. The summed E-state index contributed by atoms with van der Waals surface area (Å²) in [4.78, 5) is 12.8. The van der Waals surface area contributed by atoms with Gasteiger partial charge >= 0.3 is 0 Å². The Hall–Kier alpha value is -4.31. The Morgan fingerprint density at radius 1 is 1.03 bits per heavy atom. The first-order valence-corrected chi connectivity index (χ1v) is 12.9. The first kappa shape index (κ1) is 27.3. The average Bonchev–Trinajstić information content (AvgIpc) is 2.92. The second kappa shape index (κ2) is 13.1. The second-order valence-corrected chi connectivity index (χ2v) is 9.42. The van der Waals surface area contributed by atoms with Gasteiger partial charge in [-0.2, -0.15) is 5.10 Å². The van der Waals surface area contributed by atoms with Crippen LogP contribution < -0.4 is 23.9 Å². The van der Waals surface area contributed by atoms with Gasteiger partial charge < -0.3 is 14.2 Å². The molecule has 10 heteroatoms. The molecule has 0 aromatic heterocycles. The minimum absolute atomic E-state index is 0.0596. The fourth-order valence-corrected chi connectivity index (χ4v) is 4.71. The topological polar surface area (TPSA) is 107 Å². The Kier molecular flexibility index (Phi) is 9.68. The van der Waals surface area contributed by atoms with Crippen molar-refractivity contribution in [2.45, 2.75) is 11.8 Å². The molecular weight excluding hydrogens is 494 g/mol. The van der Waals surface area contributed by atoms with Crippen LogP contribution in [0.3, 0.4) is 0 Å². The van der Waals surface area contributed by atoms with E-state index >= 15 is 0 Å². The van der Waals surface area contributed by atoms with Crippen LogP contribution in [0, 0.1) is 0 Å². The number of carbonyl (C=O) groups is 1. The summed E-state index contributed by atoms with van der Waals surface area (Å²) in [5, 5.41) is 3.98. The van der Waals surface area contributed by atoms with E-state index in [0.717, 1.165) is 4.31 Å². The summed E-state index contributed by atoms with van der Waals surface area (Å²) in [5.41, 5.74) is 3.35. The molecule has 9 nitrogen and oxygen atoms in total. The Morgan fingerprint density at radius 3 is 2.41 bits per heavy atom. The molecule has 37 heavy (non-hydrogen) atoms. The molecule has 1 N–H and O–H groups in total. The second-order valence-electron chi connectivity index (χ2n) is 7.55. The lowest BCUT2D eigenvalue weighted by Gasteiger charge is -2.23. The highest BCUT2D eigenvalue weighted by atomic mass is 32.2. The zero-order valence-electron chi connectivity index (χ0n) is 20.7.